The van der Waals surface area contributed by atoms with Crippen molar-refractivity contribution in [2.24, 2.45) is 0 Å². The number of carbonyl (C=O) groups is 1. The zero-order chi connectivity index (χ0) is 30.3. The van der Waals surface area contributed by atoms with Crippen molar-refractivity contribution >= 4 is 39.1 Å². The highest BCUT2D eigenvalue weighted by molar-refractivity contribution is 7.95. The van der Waals surface area contributed by atoms with E-state index in [2.05, 4.69) is 4.72 Å². The Morgan fingerprint density at radius 2 is 1.34 bits per heavy atom. The van der Waals surface area contributed by atoms with E-state index in [1.54, 1.807) is 12.1 Å². The van der Waals surface area contributed by atoms with Crippen LogP contribution in [-0.4, -0.2) is 52.7 Å². The third kappa shape index (κ3) is 7.39. The summed E-state index contributed by atoms with van der Waals surface area (Å²) < 4.78 is 54.1. The minimum absolute atomic E-state index is 0.00414. The fourth-order valence-electron chi connectivity index (χ4n) is 3.46. The molecule has 3 aromatic rings. The van der Waals surface area contributed by atoms with Crippen molar-refractivity contribution in [3.8, 4) is 28.7 Å². The summed E-state index contributed by atoms with van der Waals surface area (Å²) in [5, 5.41) is 23.2. The Labute approximate surface area is 233 Å². The van der Waals surface area contributed by atoms with E-state index in [1.165, 1.54) is 46.6 Å². The van der Waals surface area contributed by atoms with Crippen LogP contribution in [-0.2, 0) is 10.0 Å². The smallest absolute Gasteiger partial charge is 0.344 e. The second-order valence-electron chi connectivity index (χ2n) is 7.90. The maximum Gasteiger partial charge on any atom is 0.344 e. The fraction of sp³-hybridized carbons (Fsp3) is 0.160. The lowest BCUT2D eigenvalue weighted by Gasteiger charge is -2.13. The number of nitro groups is 2. The Hall–Kier alpha value is -5.38. The van der Waals surface area contributed by atoms with Crippen LogP contribution in [0.3, 0.4) is 0 Å². The quantitative estimate of drug-likeness (QED) is 0.137. The van der Waals surface area contributed by atoms with Gasteiger partial charge in [0.15, 0.2) is 11.5 Å². The molecule has 3 aromatic carbocycles. The molecule has 0 bridgehead atoms. The van der Waals surface area contributed by atoms with E-state index < -0.39 is 42.8 Å². The maximum atomic E-state index is 12.8. The van der Waals surface area contributed by atoms with Gasteiger partial charge in [-0.15, -0.1) is 0 Å². The summed E-state index contributed by atoms with van der Waals surface area (Å²) in [6.07, 6.45) is 1.25. The van der Waals surface area contributed by atoms with Gasteiger partial charge in [-0.2, -0.15) is 0 Å². The number of nitro benzene ring substituents is 2. The number of methoxy groups -OCH3 is 4. The van der Waals surface area contributed by atoms with Crippen LogP contribution in [0.25, 0.3) is 6.08 Å². The van der Waals surface area contributed by atoms with Gasteiger partial charge in [0, 0.05) is 30.3 Å². The maximum absolute atomic E-state index is 12.8. The van der Waals surface area contributed by atoms with Gasteiger partial charge in [0.1, 0.15) is 17.2 Å². The van der Waals surface area contributed by atoms with Crippen LogP contribution in [0.4, 0.5) is 17.1 Å². The first-order chi connectivity index (χ1) is 19.4. The first-order valence-corrected chi connectivity index (χ1v) is 12.8. The lowest BCUT2D eigenvalue weighted by molar-refractivity contribution is -0.394. The van der Waals surface area contributed by atoms with Gasteiger partial charge >= 0.3 is 5.97 Å². The van der Waals surface area contributed by atoms with Crippen LogP contribution < -0.4 is 28.4 Å². The Kier molecular flexibility index (Phi) is 9.31. The van der Waals surface area contributed by atoms with E-state index in [0.29, 0.717) is 17.4 Å². The number of carbonyl (C=O) groups excluding carboxylic acids is 1. The lowest BCUT2D eigenvalue weighted by Crippen LogP contribution is -2.12. The second-order valence-corrected chi connectivity index (χ2v) is 9.47. The molecule has 0 saturated heterocycles. The third-order valence-corrected chi connectivity index (χ3v) is 6.37. The predicted molar refractivity (Wildman–Crippen MR) is 145 cm³/mol. The molecular weight excluding hydrogens is 566 g/mol. The molecule has 15 nitrogen and oxygen atoms in total. The van der Waals surface area contributed by atoms with Crippen molar-refractivity contribution in [1.82, 2.24) is 0 Å². The molecule has 0 saturated carbocycles. The van der Waals surface area contributed by atoms with E-state index in [1.807, 2.05) is 0 Å². The SMILES string of the molecule is COc1cc(OC)c(C=CS(=O)(=O)Nc2ccc(OC)c(OC(=O)c3cc([N+](=O)[O-])cc([N+](=O)[O-])c3)c2)c(OC)c1. The van der Waals surface area contributed by atoms with Crippen LogP contribution in [0, 0.1) is 20.2 Å². The van der Waals surface area contributed by atoms with E-state index >= 15 is 0 Å². The number of non-ortho nitro benzene ring substituents is 2. The summed E-state index contributed by atoms with van der Waals surface area (Å²) in [6, 6.07) is 9.15. The van der Waals surface area contributed by atoms with Gasteiger partial charge in [0.25, 0.3) is 21.4 Å². The molecule has 0 spiro atoms. The molecule has 0 fully saturated rings. The van der Waals surface area contributed by atoms with Crippen molar-refractivity contribution < 1.29 is 46.7 Å². The van der Waals surface area contributed by atoms with Crippen molar-refractivity contribution in [2.75, 3.05) is 33.2 Å². The molecule has 0 aliphatic rings. The van der Waals surface area contributed by atoms with Gasteiger partial charge in [-0.1, -0.05) is 0 Å². The number of ether oxygens (including phenoxy) is 5. The molecule has 16 heteroatoms. The van der Waals surface area contributed by atoms with Crippen LogP contribution in [0.1, 0.15) is 15.9 Å². The zero-order valence-electron chi connectivity index (χ0n) is 22.0. The molecule has 3 rings (SSSR count). The summed E-state index contributed by atoms with van der Waals surface area (Å²) in [5.41, 5.74) is -1.61. The van der Waals surface area contributed by atoms with E-state index in [9.17, 15) is 33.4 Å². The number of nitrogens with zero attached hydrogens (tertiary/aromatic N) is 2. The van der Waals surface area contributed by atoms with Gasteiger partial charge in [-0.05, 0) is 18.2 Å². The van der Waals surface area contributed by atoms with Crippen molar-refractivity contribution in [3.63, 3.8) is 0 Å². The second kappa shape index (κ2) is 12.6. The molecule has 0 aliphatic carbocycles. The van der Waals surface area contributed by atoms with E-state index in [0.717, 1.165) is 23.6 Å². The number of benzene rings is 3. The number of esters is 1. The Balaban J connectivity index is 1.90. The van der Waals surface area contributed by atoms with Crippen LogP contribution in [0.5, 0.6) is 28.7 Å². The molecule has 0 aliphatic heterocycles. The minimum Gasteiger partial charge on any atom is -0.496 e. The van der Waals surface area contributed by atoms with Gasteiger partial charge < -0.3 is 23.7 Å². The van der Waals surface area contributed by atoms with Gasteiger partial charge in [0.05, 0.1) is 66.6 Å². The van der Waals surface area contributed by atoms with Crippen molar-refractivity contribution in [1.29, 1.82) is 0 Å². The number of anilines is 1. The largest absolute Gasteiger partial charge is 0.496 e. The van der Waals surface area contributed by atoms with Crippen LogP contribution in [0.15, 0.2) is 53.9 Å². The Morgan fingerprint density at radius 1 is 0.780 bits per heavy atom. The molecule has 0 aromatic heterocycles. The summed E-state index contributed by atoms with van der Waals surface area (Å²) in [4.78, 5) is 33.3. The first-order valence-electron chi connectivity index (χ1n) is 11.3. The highest BCUT2D eigenvalue weighted by Gasteiger charge is 2.22. The summed E-state index contributed by atoms with van der Waals surface area (Å²) in [5.74, 6) is -0.454. The lowest BCUT2D eigenvalue weighted by atomic mass is 10.1. The summed E-state index contributed by atoms with van der Waals surface area (Å²) >= 11 is 0. The van der Waals surface area contributed by atoms with Gasteiger partial charge in [0.2, 0.25) is 0 Å². The number of hydrogen-bond acceptors (Lipinski definition) is 12. The molecule has 41 heavy (non-hydrogen) atoms. The highest BCUT2D eigenvalue weighted by Crippen LogP contribution is 2.36. The molecular formula is C25H23N3O12S. The van der Waals surface area contributed by atoms with Crippen molar-refractivity contribution in [3.05, 3.63) is 85.3 Å². The summed E-state index contributed by atoms with van der Waals surface area (Å²) in [7, 11) is 1.34. The zero-order valence-corrected chi connectivity index (χ0v) is 22.8. The number of nitrogens with one attached hydrogen (secondary N) is 1. The van der Waals surface area contributed by atoms with Crippen LogP contribution >= 0.6 is 0 Å². The minimum atomic E-state index is -4.15. The topological polar surface area (TPSA) is 196 Å². The fourth-order valence-corrected chi connectivity index (χ4v) is 4.29. The molecule has 0 heterocycles. The number of hydrogen-bond donors (Lipinski definition) is 1. The first kappa shape index (κ1) is 30.2. The molecule has 0 atom stereocenters. The third-order valence-electron chi connectivity index (χ3n) is 5.35. The molecule has 0 radical (unpaired) electrons. The standard InChI is InChI=1S/C25H23N3O12S/c1-36-19-13-22(38-3)20(23(14-19)39-4)7-8-41(34,35)26-16-5-6-21(37-2)24(11-16)40-25(29)15-9-17(27(30)31)12-18(10-15)28(32)33/h5-14,26H,1-4H3. The molecule has 1 N–H and O–H groups in total. The Bertz CT molecular complexity index is 1580. The Morgan fingerprint density at radius 3 is 1.83 bits per heavy atom. The van der Waals surface area contributed by atoms with E-state index in [4.69, 9.17) is 23.7 Å². The van der Waals surface area contributed by atoms with Crippen molar-refractivity contribution in [2.45, 2.75) is 0 Å². The average Bonchev–Trinajstić information content (AvgIpc) is 2.95. The predicted octanol–water partition coefficient (Wildman–Crippen LogP) is 4.17. The molecule has 216 valence electrons. The summed E-state index contributed by atoms with van der Waals surface area (Å²) in [6.45, 7) is 0. The van der Waals surface area contributed by atoms with E-state index in [-0.39, 0.29) is 28.7 Å². The number of rotatable bonds is 12. The van der Waals surface area contributed by atoms with Gasteiger partial charge in [-0.25, -0.2) is 13.2 Å². The van der Waals surface area contributed by atoms with Crippen LogP contribution in [0.2, 0.25) is 0 Å². The normalized spacial score (nSPS) is 11.0. The van der Waals surface area contributed by atoms with Gasteiger partial charge in [-0.3, -0.25) is 25.0 Å². The number of sulfonamides is 1. The monoisotopic (exact) mass is 589 g/mol. The molecule has 0 unspecified atom stereocenters. The highest BCUT2D eigenvalue weighted by atomic mass is 32.2. The molecule has 0 amide bonds. The average molecular weight is 590 g/mol.